The van der Waals surface area contributed by atoms with Crippen LogP contribution in [-0.2, 0) is 4.74 Å². The molecule has 10 nitrogen and oxygen atoms in total. The number of benzene rings is 1. The number of aryl methyl sites for hydroxylation is 1. The number of carbonyl (C=O) groups excluding carboxylic acids is 1. The Balaban J connectivity index is 1.77. The molecule has 0 radical (unpaired) electrons. The summed E-state index contributed by atoms with van der Waals surface area (Å²) in [6.45, 7) is 11.4. The number of ether oxygens (including phenoxy) is 2. The molecule has 1 aliphatic rings. The molecule has 238 valence electrons. The van der Waals surface area contributed by atoms with Gasteiger partial charge in [-0.05, 0) is 70.2 Å². The number of fused-ring (bicyclic) bond motifs is 1. The van der Waals surface area contributed by atoms with Gasteiger partial charge in [0.1, 0.15) is 22.9 Å². The number of hydrogen-bond acceptors (Lipinski definition) is 7. The number of rotatable bonds is 5. The molecular weight excluding hydrogens is 584 g/mol. The Bertz CT molecular complexity index is 1900. The van der Waals surface area contributed by atoms with E-state index in [1.807, 2.05) is 13.8 Å². The van der Waals surface area contributed by atoms with Crippen LogP contribution in [0.15, 0.2) is 46.1 Å². The van der Waals surface area contributed by atoms with Gasteiger partial charge >= 0.3 is 17.2 Å². The van der Waals surface area contributed by atoms with Crippen LogP contribution in [0.4, 0.5) is 13.6 Å². The summed E-state index contributed by atoms with van der Waals surface area (Å²) in [6, 6.07) is 6.36. The third-order valence-corrected chi connectivity index (χ3v) is 7.85. The van der Waals surface area contributed by atoms with Crippen LogP contribution < -0.4 is 15.9 Å². The van der Waals surface area contributed by atoms with E-state index < -0.39 is 40.5 Å². The van der Waals surface area contributed by atoms with Crippen molar-refractivity contribution in [3.8, 4) is 22.7 Å². The van der Waals surface area contributed by atoms with Gasteiger partial charge in [-0.15, -0.1) is 0 Å². The van der Waals surface area contributed by atoms with Crippen LogP contribution in [0.5, 0.6) is 5.75 Å². The number of carbonyl (C=O) groups is 1. The first-order valence-electron chi connectivity index (χ1n) is 14.9. The molecule has 1 saturated heterocycles. The highest BCUT2D eigenvalue weighted by atomic mass is 19.1. The molecule has 45 heavy (non-hydrogen) atoms. The molecule has 0 aliphatic carbocycles. The zero-order chi connectivity index (χ0) is 32.8. The summed E-state index contributed by atoms with van der Waals surface area (Å²) in [5.41, 5.74) is -1.46. The minimum atomic E-state index is -0.902. The maximum atomic E-state index is 16.1. The minimum Gasteiger partial charge on any atom is -0.496 e. The summed E-state index contributed by atoms with van der Waals surface area (Å²) >= 11 is 0. The van der Waals surface area contributed by atoms with E-state index in [9.17, 15) is 14.4 Å². The smallest absolute Gasteiger partial charge is 0.410 e. The third kappa shape index (κ3) is 5.93. The third-order valence-electron chi connectivity index (χ3n) is 7.85. The Morgan fingerprint density at radius 1 is 1.04 bits per heavy atom. The van der Waals surface area contributed by atoms with E-state index in [4.69, 9.17) is 9.47 Å². The normalized spacial score (nSPS) is 14.3. The number of methoxy groups -OCH3 is 1. The second-order valence-electron chi connectivity index (χ2n) is 12.5. The Hall–Kier alpha value is -4.61. The number of likely N-dealkylation sites (tertiary alicyclic amines) is 1. The Kier molecular flexibility index (Phi) is 8.52. The summed E-state index contributed by atoms with van der Waals surface area (Å²) in [5, 5.41) is 0. The van der Waals surface area contributed by atoms with Crippen molar-refractivity contribution in [1.29, 1.82) is 0 Å². The highest BCUT2D eigenvalue weighted by Crippen LogP contribution is 2.36. The second kappa shape index (κ2) is 12.1. The lowest BCUT2D eigenvalue weighted by molar-refractivity contribution is 0.0188. The SMILES string of the molecule is COc1cccc(F)c1-c1nc2c(cc1F)n(C1CCN(C(=O)OC(C)(C)C)CC1)c(=O)c(=O)n2-c1c(C)ccnc1C(C)C. The van der Waals surface area contributed by atoms with Crippen molar-refractivity contribution in [3.05, 3.63) is 80.1 Å². The molecule has 4 aromatic rings. The van der Waals surface area contributed by atoms with Crippen LogP contribution in [0.1, 0.15) is 70.7 Å². The molecule has 1 aromatic carbocycles. The van der Waals surface area contributed by atoms with Crippen molar-refractivity contribution in [3.63, 3.8) is 0 Å². The molecule has 5 rings (SSSR count). The van der Waals surface area contributed by atoms with E-state index >= 15 is 8.78 Å². The maximum absolute atomic E-state index is 16.1. The average molecular weight is 622 g/mol. The number of pyridine rings is 2. The van der Waals surface area contributed by atoms with Gasteiger partial charge in [-0.25, -0.2) is 18.6 Å². The van der Waals surface area contributed by atoms with Crippen LogP contribution in [-0.4, -0.2) is 55.9 Å². The van der Waals surface area contributed by atoms with E-state index in [0.29, 0.717) is 29.8 Å². The summed E-state index contributed by atoms with van der Waals surface area (Å²) in [7, 11) is 1.34. The molecule has 0 N–H and O–H groups in total. The molecule has 0 spiro atoms. The number of amides is 1. The molecule has 0 atom stereocenters. The van der Waals surface area contributed by atoms with Gasteiger partial charge in [0.2, 0.25) is 0 Å². The molecule has 1 fully saturated rings. The predicted molar refractivity (Wildman–Crippen MR) is 166 cm³/mol. The number of piperidine rings is 1. The van der Waals surface area contributed by atoms with Gasteiger partial charge in [0.05, 0.1) is 29.6 Å². The van der Waals surface area contributed by atoms with Gasteiger partial charge in [0.25, 0.3) is 0 Å². The monoisotopic (exact) mass is 621 g/mol. The first-order valence-corrected chi connectivity index (χ1v) is 14.9. The molecule has 0 bridgehead atoms. The van der Waals surface area contributed by atoms with Crippen molar-refractivity contribution >= 4 is 17.3 Å². The van der Waals surface area contributed by atoms with Gasteiger partial charge in [-0.2, -0.15) is 0 Å². The summed E-state index contributed by atoms with van der Waals surface area (Å²) in [4.78, 5) is 51.4. The van der Waals surface area contributed by atoms with Crippen molar-refractivity contribution in [1.82, 2.24) is 24.0 Å². The van der Waals surface area contributed by atoms with E-state index in [0.717, 1.165) is 16.7 Å². The van der Waals surface area contributed by atoms with Crippen molar-refractivity contribution in [2.45, 2.75) is 71.9 Å². The highest BCUT2D eigenvalue weighted by Gasteiger charge is 2.32. The standard InChI is InChI=1S/C33H37F2N5O5/c1-18(2)26-28(19(3)11-14-36-26)40-29-23(17-22(35)27(37-29)25-21(34)9-8-10-24(25)44-7)39(30(41)31(40)42)20-12-15-38(16-13-20)32(43)45-33(4,5)6/h8-11,14,17-18,20H,12-13,15-16H2,1-7H3. The fourth-order valence-corrected chi connectivity index (χ4v) is 5.78. The molecular formula is C33H37F2N5O5. The van der Waals surface area contributed by atoms with Gasteiger partial charge in [-0.3, -0.25) is 23.7 Å². The lowest BCUT2D eigenvalue weighted by Crippen LogP contribution is -2.47. The van der Waals surface area contributed by atoms with Crippen LogP contribution in [0.2, 0.25) is 0 Å². The Labute approximate surface area is 259 Å². The molecule has 0 saturated carbocycles. The van der Waals surface area contributed by atoms with Crippen LogP contribution >= 0.6 is 0 Å². The zero-order valence-corrected chi connectivity index (χ0v) is 26.5. The number of hydrogen-bond donors (Lipinski definition) is 0. The molecule has 12 heteroatoms. The molecule has 3 aromatic heterocycles. The predicted octanol–water partition coefficient (Wildman–Crippen LogP) is 5.90. The molecule has 4 heterocycles. The van der Waals surface area contributed by atoms with Gasteiger partial charge in [-0.1, -0.05) is 19.9 Å². The van der Waals surface area contributed by atoms with Crippen LogP contribution in [0.25, 0.3) is 28.1 Å². The van der Waals surface area contributed by atoms with E-state index in [1.165, 1.54) is 23.8 Å². The Morgan fingerprint density at radius 2 is 1.73 bits per heavy atom. The van der Waals surface area contributed by atoms with E-state index in [2.05, 4.69) is 9.97 Å². The fraction of sp³-hybridized carbons (Fsp3) is 0.424. The second-order valence-corrected chi connectivity index (χ2v) is 12.5. The number of aromatic nitrogens is 4. The maximum Gasteiger partial charge on any atom is 0.410 e. The first kappa shape index (κ1) is 31.8. The lowest BCUT2D eigenvalue weighted by atomic mass is 10.0. The summed E-state index contributed by atoms with van der Waals surface area (Å²) in [5.74, 6) is -1.76. The zero-order valence-electron chi connectivity index (χ0n) is 26.5. The topological polar surface area (TPSA) is 109 Å². The Morgan fingerprint density at radius 3 is 2.36 bits per heavy atom. The van der Waals surface area contributed by atoms with Crippen molar-refractivity contribution in [2.75, 3.05) is 20.2 Å². The lowest BCUT2D eigenvalue weighted by Gasteiger charge is -2.34. The molecule has 1 aliphatic heterocycles. The van der Waals surface area contributed by atoms with Crippen molar-refractivity contribution < 1.29 is 23.0 Å². The van der Waals surface area contributed by atoms with E-state index in [-0.39, 0.29) is 47.2 Å². The first-order chi connectivity index (χ1) is 21.2. The van der Waals surface area contributed by atoms with Crippen LogP contribution in [0, 0.1) is 18.6 Å². The van der Waals surface area contributed by atoms with Crippen LogP contribution in [0.3, 0.4) is 0 Å². The fourth-order valence-electron chi connectivity index (χ4n) is 5.78. The minimum absolute atomic E-state index is 0.0334. The largest absolute Gasteiger partial charge is 0.496 e. The van der Waals surface area contributed by atoms with Gasteiger partial charge in [0, 0.05) is 31.4 Å². The van der Waals surface area contributed by atoms with Gasteiger partial charge in [0.15, 0.2) is 11.5 Å². The van der Waals surface area contributed by atoms with Crippen molar-refractivity contribution in [2.24, 2.45) is 0 Å². The molecule has 1 amide bonds. The number of halogens is 2. The molecule has 0 unspecified atom stereocenters. The summed E-state index contributed by atoms with van der Waals surface area (Å²) in [6.07, 6.45) is 1.76. The van der Waals surface area contributed by atoms with E-state index in [1.54, 1.807) is 44.9 Å². The highest BCUT2D eigenvalue weighted by molar-refractivity contribution is 5.80. The summed E-state index contributed by atoms with van der Waals surface area (Å²) < 4.78 is 44.5. The van der Waals surface area contributed by atoms with Gasteiger partial charge < -0.3 is 14.4 Å². The quantitative estimate of drug-likeness (QED) is 0.255. The average Bonchev–Trinajstić information content (AvgIpc) is 2.97. The number of nitrogens with zero attached hydrogens (tertiary/aromatic N) is 5.